The number of aliphatic hydroxyl groups is 1. The fourth-order valence-electron chi connectivity index (χ4n) is 13.1. The number of phosphoric acid groups is 2. The smallest absolute Gasteiger partial charge is 0.462 e. The van der Waals surface area contributed by atoms with Gasteiger partial charge in [-0.2, -0.15) is 0 Å². The third-order valence-electron chi connectivity index (χ3n) is 20.6. The summed E-state index contributed by atoms with van der Waals surface area (Å²) in [7, 11) is -9.93. The topological polar surface area (TPSA) is 237 Å². The molecule has 0 aromatic heterocycles. The van der Waals surface area contributed by atoms with Gasteiger partial charge < -0.3 is 33.8 Å². The van der Waals surface area contributed by atoms with Gasteiger partial charge in [-0.1, -0.05) is 395 Å². The van der Waals surface area contributed by atoms with E-state index in [1.54, 1.807) is 0 Å². The molecule has 0 saturated carbocycles. The lowest BCUT2D eigenvalue weighted by molar-refractivity contribution is -0.161. The Bertz CT molecular complexity index is 2010. The summed E-state index contributed by atoms with van der Waals surface area (Å²) in [6.45, 7) is 12.0. The maximum atomic E-state index is 13.1. The molecule has 0 fully saturated rings. The Kier molecular flexibility index (Phi) is 73.7. The van der Waals surface area contributed by atoms with Gasteiger partial charge in [0.1, 0.15) is 19.3 Å². The summed E-state index contributed by atoms with van der Waals surface area (Å²) in [5.41, 5.74) is 0. The molecule has 3 N–H and O–H groups in total. The van der Waals surface area contributed by atoms with Crippen molar-refractivity contribution >= 4 is 39.5 Å². The molecule has 0 spiro atoms. The molecule has 618 valence electrons. The Morgan fingerprint density at radius 3 is 0.731 bits per heavy atom. The highest BCUT2D eigenvalue weighted by atomic mass is 31.2. The number of unbranched alkanes of at least 4 members (excludes halogenated alkanes) is 49. The molecule has 0 rings (SSSR count). The van der Waals surface area contributed by atoms with Crippen molar-refractivity contribution in [2.24, 2.45) is 17.8 Å². The van der Waals surface area contributed by atoms with Crippen molar-refractivity contribution in [2.45, 2.75) is 465 Å². The van der Waals surface area contributed by atoms with Gasteiger partial charge >= 0.3 is 39.5 Å². The van der Waals surface area contributed by atoms with E-state index >= 15 is 0 Å². The fraction of sp³-hybridized carbons (Fsp3) is 0.953. The molecule has 0 aliphatic heterocycles. The lowest BCUT2D eigenvalue weighted by Crippen LogP contribution is -2.30. The Labute approximate surface area is 638 Å². The summed E-state index contributed by atoms with van der Waals surface area (Å²) in [6.07, 6.45) is 65.2. The highest BCUT2D eigenvalue weighted by Crippen LogP contribution is 2.45. The first-order valence-electron chi connectivity index (χ1n) is 43.9. The lowest BCUT2D eigenvalue weighted by atomic mass is 9.99. The van der Waals surface area contributed by atoms with Gasteiger partial charge in [0.25, 0.3) is 0 Å². The number of hydrogen-bond acceptors (Lipinski definition) is 15. The van der Waals surface area contributed by atoms with E-state index in [4.69, 9.17) is 37.0 Å². The highest BCUT2D eigenvalue weighted by Gasteiger charge is 2.30. The van der Waals surface area contributed by atoms with Crippen molar-refractivity contribution in [3.05, 3.63) is 0 Å². The molecule has 0 heterocycles. The second kappa shape index (κ2) is 75.1. The van der Waals surface area contributed by atoms with E-state index in [1.807, 2.05) is 0 Å². The minimum atomic E-state index is -4.97. The zero-order valence-electron chi connectivity index (χ0n) is 68.5. The van der Waals surface area contributed by atoms with E-state index in [0.717, 1.165) is 108 Å². The Hall–Kier alpha value is -1.94. The molecule has 0 saturated heterocycles. The molecule has 0 aromatic carbocycles. The van der Waals surface area contributed by atoms with Crippen LogP contribution < -0.4 is 0 Å². The molecule has 4 unspecified atom stereocenters. The van der Waals surface area contributed by atoms with E-state index in [2.05, 4.69) is 48.5 Å². The van der Waals surface area contributed by atoms with Gasteiger partial charge in [-0.05, 0) is 43.4 Å². The fourth-order valence-corrected chi connectivity index (χ4v) is 14.7. The van der Waals surface area contributed by atoms with Crippen LogP contribution in [0.3, 0.4) is 0 Å². The maximum absolute atomic E-state index is 13.1. The van der Waals surface area contributed by atoms with Gasteiger partial charge in [-0.15, -0.1) is 0 Å². The predicted octanol–water partition coefficient (Wildman–Crippen LogP) is 25.7. The van der Waals surface area contributed by atoms with Crippen LogP contribution in [0, 0.1) is 17.8 Å². The number of carbonyl (C=O) groups excluding carboxylic acids is 4. The van der Waals surface area contributed by atoms with E-state index in [1.165, 1.54) is 250 Å². The second-order valence-corrected chi connectivity index (χ2v) is 34.4. The third-order valence-corrected chi connectivity index (χ3v) is 22.5. The number of rotatable bonds is 83. The van der Waals surface area contributed by atoms with Crippen molar-refractivity contribution in [3.8, 4) is 0 Å². The maximum Gasteiger partial charge on any atom is 0.472 e. The highest BCUT2D eigenvalue weighted by molar-refractivity contribution is 7.47. The van der Waals surface area contributed by atoms with E-state index < -0.39 is 97.5 Å². The van der Waals surface area contributed by atoms with Crippen molar-refractivity contribution in [2.75, 3.05) is 39.6 Å². The number of aliphatic hydroxyl groups excluding tert-OH is 1. The third kappa shape index (κ3) is 75.5. The minimum absolute atomic E-state index is 0.107. The van der Waals surface area contributed by atoms with E-state index in [-0.39, 0.29) is 25.7 Å². The molecule has 0 aromatic rings. The average Bonchev–Trinajstić information content (AvgIpc) is 0.902. The standard InChI is InChI=1S/C85H166O17P2/c1-8-11-12-13-14-15-16-17-28-34-39-46-54-61-68-85(90)102-81(73-96-83(88)67-60-53-48-41-42-49-56-63-76(4)5)75-100-104(93,94)98-71-79(86)70-97-103(91,92)99-74-80(72-95-82(87)66-59-52-45-38-33-29-25-24-27-32-37-44-51-58-65-78(7)10-3)101-84(89)69-62-55-47-40-35-30-23-21-19-18-20-22-26-31-36-43-50-57-64-77(6)9-2/h76-81,86H,8-75H2,1-7H3,(H,91,92)(H,93,94)/t77?,78?,79-,80-,81-/m1/s1. The molecular weight excluding hydrogens is 1350 g/mol. The van der Waals surface area contributed by atoms with Crippen LogP contribution in [0.5, 0.6) is 0 Å². The Morgan fingerprint density at radius 1 is 0.279 bits per heavy atom. The van der Waals surface area contributed by atoms with Gasteiger partial charge in [0.2, 0.25) is 0 Å². The molecule has 0 amide bonds. The van der Waals surface area contributed by atoms with Gasteiger partial charge in [0, 0.05) is 25.7 Å². The first-order chi connectivity index (χ1) is 50.3. The number of phosphoric ester groups is 2. The van der Waals surface area contributed by atoms with Gasteiger partial charge in [-0.3, -0.25) is 37.3 Å². The number of ether oxygens (including phenoxy) is 4. The summed E-state index contributed by atoms with van der Waals surface area (Å²) in [5.74, 6) is 0.320. The molecule has 104 heavy (non-hydrogen) atoms. The predicted molar refractivity (Wildman–Crippen MR) is 428 cm³/mol. The first-order valence-corrected chi connectivity index (χ1v) is 46.9. The molecule has 0 radical (unpaired) electrons. The normalized spacial score (nSPS) is 14.4. The van der Waals surface area contributed by atoms with Crippen molar-refractivity contribution in [1.29, 1.82) is 0 Å². The summed E-state index contributed by atoms with van der Waals surface area (Å²) in [6, 6.07) is 0. The van der Waals surface area contributed by atoms with Crippen LogP contribution in [0.15, 0.2) is 0 Å². The molecular formula is C85H166O17P2. The Balaban J connectivity index is 5.22. The van der Waals surface area contributed by atoms with Crippen LogP contribution in [-0.2, 0) is 65.4 Å². The van der Waals surface area contributed by atoms with Crippen LogP contribution >= 0.6 is 15.6 Å². The summed E-state index contributed by atoms with van der Waals surface area (Å²) < 4.78 is 68.8. The molecule has 0 aliphatic rings. The van der Waals surface area contributed by atoms with E-state index in [0.29, 0.717) is 31.6 Å². The monoisotopic (exact) mass is 1520 g/mol. The van der Waals surface area contributed by atoms with Gasteiger partial charge in [0.05, 0.1) is 26.4 Å². The summed E-state index contributed by atoms with van der Waals surface area (Å²) in [4.78, 5) is 73.1. The van der Waals surface area contributed by atoms with E-state index in [9.17, 15) is 43.2 Å². The SMILES string of the molecule is CCCCCCCCCCCCCCCCC(=O)O[C@H](COC(=O)CCCCCCCCCC(C)C)COP(=O)(O)OC[C@H](O)COP(=O)(O)OC[C@@H](COC(=O)CCCCCCCCCCCCCCCCC(C)CC)OC(=O)CCCCCCCCCCCCCCCCCCCCC(C)CC. The van der Waals surface area contributed by atoms with Crippen molar-refractivity contribution in [1.82, 2.24) is 0 Å². The van der Waals surface area contributed by atoms with Crippen molar-refractivity contribution in [3.63, 3.8) is 0 Å². The molecule has 0 aliphatic carbocycles. The average molecular weight is 1520 g/mol. The molecule has 19 heteroatoms. The lowest BCUT2D eigenvalue weighted by Gasteiger charge is -2.21. The number of hydrogen-bond donors (Lipinski definition) is 3. The van der Waals surface area contributed by atoms with Crippen LogP contribution in [0.25, 0.3) is 0 Å². The van der Waals surface area contributed by atoms with Crippen LogP contribution in [-0.4, -0.2) is 96.7 Å². The van der Waals surface area contributed by atoms with Crippen LogP contribution in [0.2, 0.25) is 0 Å². The zero-order valence-corrected chi connectivity index (χ0v) is 70.3. The number of carbonyl (C=O) groups is 4. The largest absolute Gasteiger partial charge is 0.472 e. The quantitative estimate of drug-likeness (QED) is 0.0222. The molecule has 17 nitrogen and oxygen atoms in total. The molecule has 7 atom stereocenters. The van der Waals surface area contributed by atoms with Crippen LogP contribution in [0.4, 0.5) is 0 Å². The minimum Gasteiger partial charge on any atom is -0.462 e. The van der Waals surface area contributed by atoms with Gasteiger partial charge in [-0.25, -0.2) is 9.13 Å². The van der Waals surface area contributed by atoms with Crippen LogP contribution in [0.1, 0.15) is 447 Å². The first kappa shape index (κ1) is 102. The number of esters is 4. The summed E-state index contributed by atoms with van der Waals surface area (Å²) >= 11 is 0. The van der Waals surface area contributed by atoms with Gasteiger partial charge in [0.15, 0.2) is 12.2 Å². The zero-order chi connectivity index (χ0) is 76.5. The van der Waals surface area contributed by atoms with Crippen molar-refractivity contribution < 1.29 is 80.2 Å². The summed E-state index contributed by atoms with van der Waals surface area (Å²) in [5, 5.41) is 10.7. The molecule has 0 bridgehead atoms. The Morgan fingerprint density at radius 2 is 0.490 bits per heavy atom. The second-order valence-electron chi connectivity index (χ2n) is 31.5.